The van der Waals surface area contributed by atoms with Gasteiger partial charge in [-0.15, -0.1) is 0 Å². The zero-order chi connectivity index (χ0) is 50.9. The third kappa shape index (κ3) is 10.5. The van der Waals surface area contributed by atoms with Gasteiger partial charge in [0.05, 0.1) is 0 Å². The lowest BCUT2D eigenvalue weighted by atomic mass is 9.89. The Morgan fingerprint density at radius 1 is 0.276 bits per heavy atom. The van der Waals surface area contributed by atoms with E-state index in [2.05, 4.69) is 291 Å². The second-order valence-corrected chi connectivity index (χ2v) is 19.1. The zero-order valence-corrected chi connectivity index (χ0v) is 42.1. The van der Waals surface area contributed by atoms with E-state index >= 15 is 0 Å². The Morgan fingerprint density at radius 3 is 0.908 bits per heavy atom. The van der Waals surface area contributed by atoms with Gasteiger partial charge < -0.3 is 9.47 Å². The molecule has 0 radical (unpaired) electrons. The topological polar surface area (TPSA) is 18.5 Å². The maximum absolute atomic E-state index is 6.90. The molecular weight excluding hydrogens is 921 g/mol. The molecule has 0 aromatic heterocycles. The van der Waals surface area contributed by atoms with E-state index in [0.717, 1.165) is 88.7 Å². The van der Waals surface area contributed by atoms with Crippen molar-refractivity contribution >= 4 is 44.8 Å². The Labute approximate surface area is 445 Å². The van der Waals surface area contributed by atoms with Gasteiger partial charge >= 0.3 is 0 Å². The lowest BCUT2D eigenvalue weighted by molar-refractivity contribution is 0.303. The molecule has 362 valence electrons. The first-order chi connectivity index (χ1) is 37.7. The van der Waals surface area contributed by atoms with Gasteiger partial charge in [0.2, 0.25) is 0 Å². The fraction of sp³-hybridized carbons (Fsp3) is 0.0270. The minimum atomic E-state index is 0.424. The van der Waals surface area contributed by atoms with Crippen molar-refractivity contribution in [3.05, 3.63) is 336 Å². The summed E-state index contributed by atoms with van der Waals surface area (Å²) in [6.45, 7) is 0.847. The van der Waals surface area contributed by atoms with Crippen LogP contribution in [0.1, 0.15) is 44.5 Å². The maximum Gasteiger partial charge on any atom is 0.128 e. The second-order valence-electron chi connectivity index (χ2n) is 19.1. The predicted molar refractivity (Wildman–Crippen MR) is 319 cm³/mol. The molecule has 0 saturated heterocycles. The van der Waals surface area contributed by atoms with Crippen molar-refractivity contribution in [3.8, 4) is 44.9 Å². The normalized spacial score (nSPS) is 11.0. The highest BCUT2D eigenvalue weighted by atomic mass is 16.5. The first-order valence-corrected chi connectivity index (χ1v) is 26.0. The summed E-state index contributed by atoms with van der Waals surface area (Å²) in [5.74, 6) is 1.59. The number of hydrogen-bond donors (Lipinski definition) is 0. The first-order valence-electron chi connectivity index (χ1n) is 26.0. The summed E-state index contributed by atoms with van der Waals surface area (Å²) in [6.07, 6.45) is 4.57. The standard InChI is InChI=1S/C74H54O2/c1-7-19-55(20-8-1)51-75-71-45-41-65-49-63(57-35-31-53(32-36-57)47-69(59-23-11-3-12-24-59)60-25-13-4-14-26-60)39-43-67(65)73(71)74-68-44-40-64(50-66(68)42-46-72(74)76-52-56-21-9-2-10-22-56)58-37-33-54(34-38-58)48-70(61-27-15-5-16-28-61)62-29-17-6-18-30-62/h1-50H,51-52H2. The molecule has 0 heterocycles. The number of ether oxygens (including phenoxy) is 2. The van der Waals surface area contributed by atoms with E-state index in [-0.39, 0.29) is 0 Å². The monoisotopic (exact) mass is 974 g/mol. The number of hydrogen-bond acceptors (Lipinski definition) is 2. The average Bonchev–Trinajstić information content (AvgIpc) is 3.54. The molecule has 0 atom stereocenters. The van der Waals surface area contributed by atoms with Gasteiger partial charge in [-0.3, -0.25) is 0 Å². The second kappa shape index (κ2) is 22.2. The van der Waals surface area contributed by atoms with Gasteiger partial charge in [-0.1, -0.05) is 267 Å². The molecule has 0 aliphatic carbocycles. The molecule has 2 nitrogen and oxygen atoms in total. The number of rotatable bonds is 15. The lowest BCUT2D eigenvalue weighted by Gasteiger charge is -2.21. The van der Waals surface area contributed by atoms with Crippen LogP contribution in [0.5, 0.6) is 11.5 Å². The summed E-state index contributed by atoms with van der Waals surface area (Å²) >= 11 is 0. The van der Waals surface area contributed by atoms with Crippen LogP contribution in [0.25, 0.3) is 78.2 Å². The van der Waals surface area contributed by atoms with E-state index < -0.39 is 0 Å². The third-order valence-electron chi connectivity index (χ3n) is 14.1. The maximum atomic E-state index is 6.90. The summed E-state index contributed by atoms with van der Waals surface area (Å²) in [6, 6.07) is 103. The van der Waals surface area contributed by atoms with Crippen molar-refractivity contribution in [2.45, 2.75) is 13.2 Å². The summed E-state index contributed by atoms with van der Waals surface area (Å²) < 4.78 is 13.8. The fourth-order valence-electron chi connectivity index (χ4n) is 10.2. The van der Waals surface area contributed by atoms with Gasteiger partial charge in [0, 0.05) is 11.1 Å². The van der Waals surface area contributed by atoms with Crippen molar-refractivity contribution in [3.63, 3.8) is 0 Å². The van der Waals surface area contributed by atoms with Crippen LogP contribution in [0.2, 0.25) is 0 Å². The van der Waals surface area contributed by atoms with Gasteiger partial charge in [0.15, 0.2) is 0 Å². The molecule has 0 aliphatic rings. The van der Waals surface area contributed by atoms with Crippen LogP contribution in [0.4, 0.5) is 0 Å². The molecular formula is C74H54O2. The fourth-order valence-corrected chi connectivity index (χ4v) is 10.2. The molecule has 0 saturated carbocycles. The van der Waals surface area contributed by atoms with Crippen LogP contribution >= 0.6 is 0 Å². The minimum Gasteiger partial charge on any atom is -0.488 e. The quantitative estimate of drug-likeness (QED) is 0.0953. The molecule has 0 N–H and O–H groups in total. The minimum absolute atomic E-state index is 0.424. The van der Waals surface area contributed by atoms with E-state index in [4.69, 9.17) is 9.47 Å². The molecule has 12 aromatic carbocycles. The predicted octanol–water partition coefficient (Wildman–Crippen LogP) is 19.3. The summed E-state index contributed by atoms with van der Waals surface area (Å²) in [5, 5.41) is 4.38. The summed E-state index contributed by atoms with van der Waals surface area (Å²) in [5.41, 5.74) is 18.2. The van der Waals surface area contributed by atoms with Crippen molar-refractivity contribution < 1.29 is 9.47 Å². The zero-order valence-electron chi connectivity index (χ0n) is 42.1. The highest BCUT2D eigenvalue weighted by molar-refractivity contribution is 6.11. The summed E-state index contributed by atoms with van der Waals surface area (Å²) in [7, 11) is 0. The molecule has 12 rings (SSSR count). The smallest absolute Gasteiger partial charge is 0.128 e. The first kappa shape index (κ1) is 47.3. The molecule has 0 spiro atoms. The molecule has 2 heteroatoms. The Balaban J connectivity index is 0.943. The Morgan fingerprint density at radius 2 is 0.579 bits per heavy atom. The lowest BCUT2D eigenvalue weighted by Crippen LogP contribution is -2.01. The molecule has 12 aromatic rings. The highest BCUT2D eigenvalue weighted by Gasteiger charge is 2.21. The van der Waals surface area contributed by atoms with Crippen molar-refractivity contribution in [2.75, 3.05) is 0 Å². The largest absolute Gasteiger partial charge is 0.488 e. The van der Waals surface area contributed by atoms with E-state index in [9.17, 15) is 0 Å². The van der Waals surface area contributed by atoms with Crippen LogP contribution < -0.4 is 9.47 Å². The molecule has 0 fully saturated rings. The van der Waals surface area contributed by atoms with Crippen molar-refractivity contribution in [1.82, 2.24) is 0 Å². The number of benzene rings is 12. The van der Waals surface area contributed by atoms with Crippen LogP contribution in [0.15, 0.2) is 291 Å². The molecule has 0 bridgehead atoms. The van der Waals surface area contributed by atoms with Gasteiger partial charge in [-0.05, 0) is 136 Å². The van der Waals surface area contributed by atoms with Crippen molar-refractivity contribution in [1.29, 1.82) is 0 Å². The van der Waals surface area contributed by atoms with Gasteiger partial charge in [-0.25, -0.2) is 0 Å². The van der Waals surface area contributed by atoms with E-state index in [1.54, 1.807) is 0 Å². The molecule has 0 unspecified atom stereocenters. The Kier molecular flexibility index (Phi) is 13.8. The van der Waals surface area contributed by atoms with Gasteiger partial charge in [0.25, 0.3) is 0 Å². The Hall–Kier alpha value is -9.76. The van der Waals surface area contributed by atoms with E-state index in [0.29, 0.717) is 13.2 Å². The molecule has 76 heavy (non-hydrogen) atoms. The molecule has 0 aliphatic heterocycles. The SMILES string of the molecule is C(=C(c1ccccc1)c1ccccc1)c1ccc(-c2ccc3c(-c4c(OCc5ccccc5)ccc5cc(-c6ccc(C=C(c7ccccc7)c7ccccc7)cc6)ccc45)c(OCc4ccccc4)ccc3c2)cc1. The molecule has 0 amide bonds. The van der Waals surface area contributed by atoms with E-state index in [1.807, 2.05) is 12.1 Å². The van der Waals surface area contributed by atoms with Gasteiger partial charge in [-0.2, -0.15) is 0 Å². The van der Waals surface area contributed by atoms with Crippen molar-refractivity contribution in [2.24, 2.45) is 0 Å². The summed E-state index contributed by atoms with van der Waals surface area (Å²) in [4.78, 5) is 0. The Bertz CT molecular complexity index is 3610. The number of fused-ring (bicyclic) bond motifs is 2. The third-order valence-corrected chi connectivity index (χ3v) is 14.1. The average molecular weight is 975 g/mol. The van der Waals surface area contributed by atoms with Crippen LogP contribution in [0, 0.1) is 0 Å². The highest BCUT2D eigenvalue weighted by Crippen LogP contribution is 2.47. The van der Waals surface area contributed by atoms with Crippen LogP contribution in [-0.4, -0.2) is 0 Å². The van der Waals surface area contributed by atoms with E-state index in [1.165, 1.54) is 33.4 Å². The van der Waals surface area contributed by atoms with Crippen LogP contribution in [-0.2, 0) is 13.2 Å². The van der Waals surface area contributed by atoms with Gasteiger partial charge in [0.1, 0.15) is 24.7 Å². The van der Waals surface area contributed by atoms with Crippen LogP contribution in [0.3, 0.4) is 0 Å².